The summed E-state index contributed by atoms with van der Waals surface area (Å²) >= 11 is 0. The number of carbonyl (C=O) groups excluding carboxylic acids is 2. The standard InChI is InChI=1S/C30H31F6NO5/c1-17-27(21-13-22(29(31,32)33)15-23(14-21)30(34,35)36)42-28(39)37(17)16-20-6-4-5-7-24(20)25-12-19(8-9-26(25)40-3)10-11-41-18(2)38/h8-9,12-15,17,27H,4-7,10-11,16H2,1-3H3/t17-,27-/m0/s1. The Hall–Kier alpha value is -3.70. The lowest BCUT2D eigenvalue weighted by Crippen LogP contribution is -2.34. The molecule has 6 nitrogen and oxygen atoms in total. The van der Waals surface area contributed by atoms with E-state index in [0.717, 1.165) is 35.1 Å². The van der Waals surface area contributed by atoms with Crippen LogP contribution >= 0.6 is 0 Å². The average Bonchev–Trinajstić information content (AvgIpc) is 3.20. The van der Waals surface area contributed by atoms with Crippen molar-refractivity contribution in [3.63, 3.8) is 0 Å². The smallest absolute Gasteiger partial charge is 0.416 e. The molecule has 228 valence electrons. The van der Waals surface area contributed by atoms with Crippen LogP contribution in [0.25, 0.3) is 5.57 Å². The fraction of sp³-hybridized carbons (Fsp3) is 0.467. The molecule has 1 amide bonds. The van der Waals surface area contributed by atoms with Crippen molar-refractivity contribution >= 4 is 17.6 Å². The monoisotopic (exact) mass is 599 g/mol. The second-order valence-corrected chi connectivity index (χ2v) is 10.4. The molecule has 1 fully saturated rings. The maximum Gasteiger partial charge on any atom is 0.416 e. The first-order chi connectivity index (χ1) is 19.7. The maximum absolute atomic E-state index is 13.5. The van der Waals surface area contributed by atoms with E-state index < -0.39 is 41.7 Å². The predicted octanol–water partition coefficient (Wildman–Crippen LogP) is 7.75. The van der Waals surface area contributed by atoms with Crippen molar-refractivity contribution in [2.45, 2.75) is 70.4 Å². The molecule has 1 aliphatic heterocycles. The molecule has 0 aromatic heterocycles. The molecule has 42 heavy (non-hydrogen) atoms. The van der Waals surface area contributed by atoms with Crippen LogP contribution in [0.4, 0.5) is 31.1 Å². The molecule has 2 atom stereocenters. The number of carbonyl (C=O) groups is 2. The molecule has 4 rings (SSSR count). The molecule has 0 saturated carbocycles. The summed E-state index contributed by atoms with van der Waals surface area (Å²) in [5.41, 5.74) is 0.274. The van der Waals surface area contributed by atoms with Crippen LogP contribution in [0.2, 0.25) is 0 Å². The van der Waals surface area contributed by atoms with Gasteiger partial charge in [-0.3, -0.25) is 9.69 Å². The highest BCUT2D eigenvalue weighted by molar-refractivity contribution is 5.77. The van der Waals surface area contributed by atoms with Crippen LogP contribution < -0.4 is 4.74 Å². The number of alkyl halides is 6. The number of methoxy groups -OCH3 is 1. The first-order valence-corrected chi connectivity index (χ1v) is 13.5. The van der Waals surface area contributed by atoms with Gasteiger partial charge in [0.25, 0.3) is 0 Å². The molecule has 1 aliphatic carbocycles. The topological polar surface area (TPSA) is 65.1 Å². The van der Waals surface area contributed by atoms with Crippen molar-refractivity contribution in [2.24, 2.45) is 0 Å². The van der Waals surface area contributed by atoms with Crippen LogP contribution in [0.15, 0.2) is 42.0 Å². The summed E-state index contributed by atoms with van der Waals surface area (Å²) in [6.45, 7) is 3.17. The van der Waals surface area contributed by atoms with Gasteiger partial charge < -0.3 is 14.2 Å². The molecule has 12 heteroatoms. The minimum atomic E-state index is -5.02. The number of ether oxygens (including phenoxy) is 3. The number of esters is 1. The van der Waals surface area contributed by atoms with Gasteiger partial charge in [0, 0.05) is 25.5 Å². The Kier molecular flexibility index (Phi) is 9.12. The highest BCUT2D eigenvalue weighted by Crippen LogP contribution is 2.43. The van der Waals surface area contributed by atoms with Crippen molar-refractivity contribution < 1.29 is 50.1 Å². The van der Waals surface area contributed by atoms with Gasteiger partial charge in [-0.05, 0) is 85.2 Å². The summed E-state index contributed by atoms with van der Waals surface area (Å²) in [6, 6.07) is 6.04. The van der Waals surface area contributed by atoms with E-state index in [-0.39, 0.29) is 30.8 Å². The molecular formula is C30H31F6NO5. The summed E-state index contributed by atoms with van der Waals surface area (Å²) in [6.07, 6.45) is -8.66. The third-order valence-corrected chi connectivity index (χ3v) is 7.56. The molecule has 0 N–H and O–H groups in total. The minimum absolute atomic E-state index is 0.0512. The van der Waals surface area contributed by atoms with Crippen molar-refractivity contribution in [3.8, 4) is 5.75 Å². The van der Waals surface area contributed by atoms with Crippen molar-refractivity contribution in [1.29, 1.82) is 0 Å². The first-order valence-electron chi connectivity index (χ1n) is 13.5. The third-order valence-electron chi connectivity index (χ3n) is 7.56. The summed E-state index contributed by atoms with van der Waals surface area (Å²) < 4.78 is 96.8. The van der Waals surface area contributed by atoms with Crippen molar-refractivity contribution in [3.05, 3.63) is 69.8 Å². The van der Waals surface area contributed by atoms with Gasteiger partial charge in [0.2, 0.25) is 0 Å². The molecule has 0 radical (unpaired) electrons. The summed E-state index contributed by atoms with van der Waals surface area (Å²) in [5.74, 6) is 0.227. The normalized spacial score (nSPS) is 19.6. The summed E-state index contributed by atoms with van der Waals surface area (Å²) in [7, 11) is 1.54. The lowest BCUT2D eigenvalue weighted by atomic mass is 9.85. The Labute approximate surface area is 239 Å². The van der Waals surface area contributed by atoms with E-state index in [1.54, 1.807) is 6.92 Å². The second kappa shape index (κ2) is 12.3. The number of halogens is 6. The predicted molar refractivity (Wildman–Crippen MR) is 141 cm³/mol. The number of hydrogen-bond acceptors (Lipinski definition) is 5. The van der Waals surface area contributed by atoms with Crippen LogP contribution in [0, 0.1) is 0 Å². The zero-order chi connectivity index (χ0) is 30.8. The fourth-order valence-electron chi connectivity index (χ4n) is 5.43. The number of cyclic esters (lactones) is 1. The lowest BCUT2D eigenvalue weighted by molar-refractivity contribution is -0.143. The van der Waals surface area contributed by atoms with Crippen LogP contribution in [0.5, 0.6) is 5.75 Å². The maximum atomic E-state index is 13.5. The van der Waals surface area contributed by atoms with Gasteiger partial charge in [-0.15, -0.1) is 0 Å². The molecule has 2 aliphatic rings. The molecule has 0 bridgehead atoms. The Morgan fingerprint density at radius 1 is 1.00 bits per heavy atom. The first kappa shape index (κ1) is 31.2. The minimum Gasteiger partial charge on any atom is -0.496 e. The Morgan fingerprint density at radius 2 is 1.64 bits per heavy atom. The number of rotatable bonds is 8. The average molecular weight is 600 g/mol. The zero-order valence-corrected chi connectivity index (χ0v) is 23.3. The third kappa shape index (κ3) is 7.01. The second-order valence-electron chi connectivity index (χ2n) is 10.4. The van der Waals surface area contributed by atoms with E-state index >= 15 is 0 Å². The van der Waals surface area contributed by atoms with Crippen LogP contribution in [-0.2, 0) is 33.0 Å². The summed E-state index contributed by atoms with van der Waals surface area (Å²) in [4.78, 5) is 25.5. The SMILES string of the molecule is COc1ccc(CCOC(C)=O)cc1C1=C(CN2C(=O)O[C@H](c3cc(C(F)(F)F)cc(C(F)(F)F)c3)[C@@H]2C)CCCC1. The Morgan fingerprint density at radius 3 is 2.24 bits per heavy atom. The Balaban J connectivity index is 1.65. The van der Waals surface area contributed by atoms with Crippen LogP contribution in [0.1, 0.15) is 73.5 Å². The van der Waals surface area contributed by atoms with Gasteiger partial charge in [-0.25, -0.2) is 4.79 Å². The molecular weight excluding hydrogens is 568 g/mol. The highest BCUT2D eigenvalue weighted by Gasteiger charge is 2.43. The quantitative estimate of drug-likeness (QED) is 0.229. The highest BCUT2D eigenvalue weighted by atomic mass is 19.4. The van der Waals surface area contributed by atoms with E-state index in [2.05, 4.69) is 0 Å². The Bertz CT molecular complexity index is 1330. The van der Waals surface area contributed by atoms with E-state index in [0.29, 0.717) is 37.1 Å². The molecule has 0 unspecified atom stereocenters. The number of allylic oxidation sites excluding steroid dienone is 1. The molecule has 0 spiro atoms. The van der Waals surface area contributed by atoms with Crippen molar-refractivity contribution in [2.75, 3.05) is 20.3 Å². The molecule has 1 heterocycles. The number of hydrogen-bond donors (Lipinski definition) is 0. The lowest BCUT2D eigenvalue weighted by Gasteiger charge is -2.28. The largest absolute Gasteiger partial charge is 0.496 e. The van der Waals surface area contributed by atoms with Gasteiger partial charge >= 0.3 is 24.4 Å². The molecule has 2 aromatic carbocycles. The van der Waals surface area contributed by atoms with E-state index in [9.17, 15) is 35.9 Å². The van der Waals surface area contributed by atoms with Crippen molar-refractivity contribution in [1.82, 2.24) is 4.90 Å². The number of amides is 1. The fourth-order valence-corrected chi connectivity index (χ4v) is 5.43. The van der Waals surface area contributed by atoms with Gasteiger partial charge in [0.05, 0.1) is 30.9 Å². The van der Waals surface area contributed by atoms with Gasteiger partial charge in [-0.1, -0.05) is 6.07 Å². The van der Waals surface area contributed by atoms with E-state index in [4.69, 9.17) is 14.2 Å². The number of benzene rings is 2. The van der Waals surface area contributed by atoms with Gasteiger partial charge in [0.1, 0.15) is 11.9 Å². The molecule has 2 aromatic rings. The van der Waals surface area contributed by atoms with E-state index in [1.807, 2.05) is 18.2 Å². The summed E-state index contributed by atoms with van der Waals surface area (Å²) in [5, 5.41) is 0. The number of nitrogens with zero attached hydrogens (tertiary/aromatic N) is 1. The molecule has 1 saturated heterocycles. The van der Waals surface area contributed by atoms with Crippen LogP contribution in [0.3, 0.4) is 0 Å². The van der Waals surface area contributed by atoms with Gasteiger partial charge in [0.15, 0.2) is 0 Å². The zero-order valence-electron chi connectivity index (χ0n) is 23.3. The van der Waals surface area contributed by atoms with E-state index in [1.165, 1.54) is 18.9 Å². The van der Waals surface area contributed by atoms with Crippen LogP contribution in [-0.4, -0.2) is 43.3 Å². The van der Waals surface area contributed by atoms with Gasteiger partial charge in [-0.2, -0.15) is 26.3 Å².